The summed E-state index contributed by atoms with van der Waals surface area (Å²) in [5.74, 6) is 1.05. The average molecular weight is 225 g/mol. The highest BCUT2D eigenvalue weighted by atomic mass is 16.5. The third kappa shape index (κ3) is 1.80. The zero-order valence-electron chi connectivity index (χ0n) is 9.89. The van der Waals surface area contributed by atoms with E-state index in [2.05, 4.69) is 35.4 Å². The molecule has 1 aromatic rings. The molecule has 1 aromatic heterocycles. The number of hydrogen-bond acceptors (Lipinski definition) is 2. The molecule has 1 atom stereocenters. The van der Waals surface area contributed by atoms with Crippen LogP contribution in [-0.4, -0.2) is 12.1 Å². The minimum Gasteiger partial charge on any atom is -0.481 e. The molecule has 0 saturated carbocycles. The van der Waals surface area contributed by atoms with Gasteiger partial charge in [-0.15, -0.1) is 0 Å². The number of methoxy groups -OCH3 is 1. The van der Waals surface area contributed by atoms with Crippen LogP contribution < -0.4 is 4.74 Å². The fourth-order valence-corrected chi connectivity index (χ4v) is 2.49. The first-order valence-electron chi connectivity index (χ1n) is 5.96. The van der Waals surface area contributed by atoms with Crippen LogP contribution in [0.1, 0.15) is 24.3 Å². The summed E-state index contributed by atoms with van der Waals surface area (Å²) >= 11 is 0. The van der Waals surface area contributed by atoms with Gasteiger partial charge in [0, 0.05) is 18.2 Å². The van der Waals surface area contributed by atoms with Crippen LogP contribution in [-0.2, 0) is 0 Å². The third-order valence-electron chi connectivity index (χ3n) is 3.40. The first-order chi connectivity index (χ1) is 8.38. The van der Waals surface area contributed by atoms with Crippen LogP contribution in [0, 0.1) is 0 Å². The minimum atomic E-state index is 0.375. The summed E-state index contributed by atoms with van der Waals surface area (Å²) in [6.07, 6.45) is 13.3. The Labute approximate surface area is 101 Å². The molecule has 2 heteroatoms. The highest BCUT2D eigenvalue weighted by Gasteiger charge is 2.21. The average Bonchev–Trinajstić information content (AvgIpc) is 2.83. The predicted molar refractivity (Wildman–Crippen MR) is 68.1 cm³/mol. The maximum absolute atomic E-state index is 5.08. The van der Waals surface area contributed by atoms with Gasteiger partial charge in [0.15, 0.2) is 0 Å². The van der Waals surface area contributed by atoms with E-state index in [0.717, 1.165) is 6.42 Å². The van der Waals surface area contributed by atoms with E-state index in [9.17, 15) is 0 Å². The van der Waals surface area contributed by atoms with Crippen molar-refractivity contribution in [3.63, 3.8) is 0 Å². The Kier molecular flexibility index (Phi) is 2.56. The normalized spacial score (nSPS) is 21.8. The Bertz CT molecular complexity index is 508. The van der Waals surface area contributed by atoms with Crippen molar-refractivity contribution in [3.05, 3.63) is 59.3 Å². The van der Waals surface area contributed by atoms with E-state index in [4.69, 9.17) is 4.74 Å². The molecule has 0 fully saturated rings. The van der Waals surface area contributed by atoms with Crippen molar-refractivity contribution in [3.8, 4) is 5.88 Å². The number of allylic oxidation sites excluding steroid dienone is 6. The Hall–Kier alpha value is -1.83. The van der Waals surface area contributed by atoms with Crippen LogP contribution in [0.5, 0.6) is 5.88 Å². The monoisotopic (exact) mass is 225 g/mol. The number of nitrogens with zero attached hydrogens (tertiary/aromatic N) is 1. The van der Waals surface area contributed by atoms with Crippen molar-refractivity contribution >= 4 is 0 Å². The number of pyridine rings is 1. The van der Waals surface area contributed by atoms with Gasteiger partial charge in [0.25, 0.3) is 0 Å². The van der Waals surface area contributed by atoms with Crippen LogP contribution in [0.4, 0.5) is 0 Å². The van der Waals surface area contributed by atoms with Gasteiger partial charge in [-0.25, -0.2) is 4.98 Å². The molecule has 1 unspecified atom stereocenters. The molecule has 0 bridgehead atoms. The molecular formula is C15H15NO. The molecular weight excluding hydrogens is 210 g/mol. The molecule has 2 nitrogen and oxygen atoms in total. The molecule has 0 aromatic carbocycles. The van der Waals surface area contributed by atoms with Crippen LogP contribution in [0.3, 0.4) is 0 Å². The van der Waals surface area contributed by atoms with Crippen molar-refractivity contribution in [2.45, 2.75) is 18.8 Å². The molecule has 0 spiro atoms. The van der Waals surface area contributed by atoms with Crippen LogP contribution in [0.2, 0.25) is 0 Å². The van der Waals surface area contributed by atoms with Crippen molar-refractivity contribution in [2.75, 3.05) is 7.11 Å². The number of hydrogen-bond donors (Lipinski definition) is 0. The fraction of sp³-hybridized carbons (Fsp3) is 0.267. The van der Waals surface area contributed by atoms with E-state index < -0.39 is 0 Å². The highest BCUT2D eigenvalue weighted by molar-refractivity contribution is 5.52. The summed E-state index contributed by atoms with van der Waals surface area (Å²) in [7, 11) is 1.64. The Morgan fingerprint density at radius 2 is 2.24 bits per heavy atom. The summed E-state index contributed by atoms with van der Waals surface area (Å²) < 4.78 is 5.08. The topological polar surface area (TPSA) is 22.1 Å². The zero-order valence-corrected chi connectivity index (χ0v) is 9.89. The molecule has 0 amide bonds. The molecule has 17 heavy (non-hydrogen) atoms. The Morgan fingerprint density at radius 1 is 1.29 bits per heavy atom. The lowest BCUT2D eigenvalue weighted by molar-refractivity contribution is 0.397. The van der Waals surface area contributed by atoms with E-state index in [0.29, 0.717) is 11.8 Å². The SMILES string of the molecule is COc1ccc(C2C=CC3=C2C=CCC3)cn1. The first kappa shape index (κ1) is 10.3. The maximum Gasteiger partial charge on any atom is 0.212 e. The van der Waals surface area contributed by atoms with Gasteiger partial charge in [-0.2, -0.15) is 0 Å². The van der Waals surface area contributed by atoms with Gasteiger partial charge < -0.3 is 4.74 Å². The minimum absolute atomic E-state index is 0.375. The molecule has 1 heterocycles. The lowest BCUT2D eigenvalue weighted by Gasteiger charge is -2.15. The second-order valence-electron chi connectivity index (χ2n) is 4.39. The van der Waals surface area contributed by atoms with Crippen molar-refractivity contribution in [1.29, 1.82) is 0 Å². The van der Waals surface area contributed by atoms with Crippen molar-refractivity contribution in [1.82, 2.24) is 4.98 Å². The molecule has 0 N–H and O–H groups in total. The van der Waals surface area contributed by atoms with Gasteiger partial charge in [0.2, 0.25) is 5.88 Å². The van der Waals surface area contributed by atoms with Crippen molar-refractivity contribution in [2.24, 2.45) is 0 Å². The van der Waals surface area contributed by atoms with E-state index in [1.165, 1.54) is 23.1 Å². The lowest BCUT2D eigenvalue weighted by Crippen LogP contribution is -1.99. The molecule has 0 aliphatic heterocycles. The van der Waals surface area contributed by atoms with Crippen LogP contribution >= 0.6 is 0 Å². The lowest BCUT2D eigenvalue weighted by atomic mass is 9.90. The van der Waals surface area contributed by atoms with E-state index >= 15 is 0 Å². The maximum atomic E-state index is 5.08. The van der Waals surface area contributed by atoms with Gasteiger partial charge >= 0.3 is 0 Å². The second-order valence-corrected chi connectivity index (χ2v) is 4.39. The predicted octanol–water partition coefficient (Wildman–Crippen LogP) is 3.39. The van der Waals surface area contributed by atoms with Gasteiger partial charge in [0.05, 0.1) is 7.11 Å². The summed E-state index contributed by atoms with van der Waals surface area (Å²) in [5, 5.41) is 0. The quantitative estimate of drug-likeness (QED) is 0.769. The molecule has 0 saturated heterocycles. The summed E-state index contributed by atoms with van der Waals surface area (Å²) in [6, 6.07) is 4.02. The van der Waals surface area contributed by atoms with Gasteiger partial charge in [0.1, 0.15) is 0 Å². The summed E-state index contributed by atoms with van der Waals surface area (Å²) in [6.45, 7) is 0. The largest absolute Gasteiger partial charge is 0.481 e. The van der Waals surface area contributed by atoms with Crippen LogP contribution in [0.15, 0.2) is 53.8 Å². The smallest absolute Gasteiger partial charge is 0.212 e. The van der Waals surface area contributed by atoms with Gasteiger partial charge in [-0.3, -0.25) is 0 Å². The number of ether oxygens (including phenoxy) is 1. The highest BCUT2D eigenvalue weighted by Crippen LogP contribution is 2.38. The number of rotatable bonds is 2. The van der Waals surface area contributed by atoms with E-state index in [-0.39, 0.29) is 0 Å². The molecule has 86 valence electrons. The first-order valence-corrected chi connectivity index (χ1v) is 5.96. The van der Waals surface area contributed by atoms with E-state index in [1.54, 1.807) is 7.11 Å². The summed E-state index contributed by atoms with van der Waals surface area (Å²) in [4.78, 5) is 4.28. The van der Waals surface area contributed by atoms with Crippen LogP contribution in [0.25, 0.3) is 0 Å². The van der Waals surface area contributed by atoms with Crippen molar-refractivity contribution < 1.29 is 4.74 Å². The molecule has 0 radical (unpaired) electrons. The Balaban J connectivity index is 1.92. The molecule has 3 rings (SSSR count). The fourth-order valence-electron chi connectivity index (χ4n) is 2.49. The molecule has 2 aliphatic carbocycles. The standard InChI is InChI=1S/C15H15NO/c1-17-15-9-7-12(10-16-15)14-8-6-11-4-2-3-5-13(11)14/h3,5-10,14H,2,4H2,1H3. The van der Waals surface area contributed by atoms with E-state index in [1.807, 2.05) is 12.3 Å². The third-order valence-corrected chi connectivity index (χ3v) is 3.40. The summed E-state index contributed by atoms with van der Waals surface area (Å²) in [5.41, 5.74) is 4.15. The Morgan fingerprint density at radius 3 is 3.00 bits per heavy atom. The van der Waals surface area contributed by atoms with Gasteiger partial charge in [-0.1, -0.05) is 30.4 Å². The number of aromatic nitrogens is 1. The molecule has 2 aliphatic rings. The zero-order chi connectivity index (χ0) is 11.7. The second kappa shape index (κ2) is 4.21. The van der Waals surface area contributed by atoms with Gasteiger partial charge in [-0.05, 0) is 29.6 Å².